The van der Waals surface area contributed by atoms with Crippen LogP contribution >= 0.6 is 0 Å². The fraction of sp³-hybridized carbons (Fsp3) is 0.385. The Balaban J connectivity index is 1.71. The maximum Gasteiger partial charge on any atom is 0.231 e. The van der Waals surface area contributed by atoms with Crippen molar-refractivity contribution in [3.8, 4) is 5.75 Å². The van der Waals surface area contributed by atoms with Gasteiger partial charge in [-0.1, -0.05) is 17.3 Å². The summed E-state index contributed by atoms with van der Waals surface area (Å²) in [6.07, 6.45) is 2.82. The van der Waals surface area contributed by atoms with E-state index in [0.717, 1.165) is 30.8 Å². The van der Waals surface area contributed by atoms with Gasteiger partial charge < -0.3 is 14.9 Å². The lowest BCUT2D eigenvalue weighted by atomic mass is 10.1. The quantitative estimate of drug-likeness (QED) is 0.862. The smallest absolute Gasteiger partial charge is 0.231 e. The normalized spacial score (nSPS) is 19.2. The Hall–Kier alpha value is -1.88. The van der Waals surface area contributed by atoms with Gasteiger partial charge in [0.2, 0.25) is 5.89 Å². The number of nitrogens with zero attached hydrogens (tertiary/aromatic N) is 2. The highest BCUT2D eigenvalue weighted by Gasteiger charge is 2.21. The molecule has 5 heteroatoms. The third-order valence-electron chi connectivity index (χ3n) is 3.15. The van der Waals surface area contributed by atoms with Gasteiger partial charge in [0.15, 0.2) is 5.82 Å². The molecule has 1 saturated heterocycles. The average molecular weight is 245 g/mol. The van der Waals surface area contributed by atoms with Gasteiger partial charge in [-0.3, -0.25) is 0 Å². The number of hydrogen-bond donors (Lipinski definition) is 2. The Morgan fingerprint density at radius 2 is 2.17 bits per heavy atom. The van der Waals surface area contributed by atoms with Gasteiger partial charge in [-0.05, 0) is 37.1 Å². The van der Waals surface area contributed by atoms with Gasteiger partial charge in [-0.15, -0.1) is 0 Å². The van der Waals surface area contributed by atoms with Crippen LogP contribution in [0.3, 0.4) is 0 Å². The predicted molar refractivity (Wildman–Crippen MR) is 65.2 cm³/mol. The van der Waals surface area contributed by atoms with Crippen molar-refractivity contribution < 1.29 is 9.63 Å². The molecule has 2 aromatic rings. The number of benzene rings is 1. The first kappa shape index (κ1) is 11.2. The van der Waals surface area contributed by atoms with Crippen LogP contribution in [0, 0.1) is 0 Å². The summed E-state index contributed by atoms with van der Waals surface area (Å²) < 4.78 is 5.25. The van der Waals surface area contributed by atoms with Crippen LogP contribution in [-0.4, -0.2) is 21.8 Å². The zero-order valence-electron chi connectivity index (χ0n) is 9.97. The molecule has 1 aromatic carbocycles. The molecule has 0 spiro atoms. The summed E-state index contributed by atoms with van der Waals surface area (Å²) in [5.41, 5.74) is 1.04. The first-order valence-electron chi connectivity index (χ1n) is 6.15. The van der Waals surface area contributed by atoms with Gasteiger partial charge in [0.05, 0.1) is 12.5 Å². The molecule has 0 bridgehead atoms. The van der Waals surface area contributed by atoms with Crippen LogP contribution in [0.25, 0.3) is 0 Å². The first-order chi connectivity index (χ1) is 8.81. The van der Waals surface area contributed by atoms with E-state index in [-0.39, 0.29) is 11.8 Å². The molecule has 1 aliphatic heterocycles. The second kappa shape index (κ2) is 4.78. The van der Waals surface area contributed by atoms with Crippen LogP contribution in [-0.2, 0) is 6.42 Å². The minimum Gasteiger partial charge on any atom is -0.508 e. The largest absolute Gasteiger partial charge is 0.508 e. The maximum absolute atomic E-state index is 9.21. The molecule has 0 amide bonds. The minimum atomic E-state index is 0.238. The highest BCUT2D eigenvalue weighted by Crippen LogP contribution is 2.21. The summed E-state index contributed by atoms with van der Waals surface area (Å²) in [5, 5.41) is 16.6. The van der Waals surface area contributed by atoms with Gasteiger partial charge in [0, 0.05) is 0 Å². The molecule has 1 aromatic heterocycles. The molecule has 3 rings (SSSR count). The van der Waals surface area contributed by atoms with Crippen LogP contribution in [0.5, 0.6) is 5.75 Å². The monoisotopic (exact) mass is 245 g/mol. The van der Waals surface area contributed by atoms with Crippen molar-refractivity contribution in [3.05, 3.63) is 41.5 Å². The predicted octanol–water partition coefficient (Wildman–Crippen LogP) is 1.79. The van der Waals surface area contributed by atoms with Gasteiger partial charge in [-0.2, -0.15) is 4.98 Å². The summed E-state index contributed by atoms with van der Waals surface area (Å²) in [4.78, 5) is 4.41. The van der Waals surface area contributed by atoms with E-state index in [2.05, 4.69) is 15.5 Å². The Kier molecular flexibility index (Phi) is 2.98. The number of hydrogen-bond acceptors (Lipinski definition) is 5. The molecule has 0 aliphatic carbocycles. The third kappa shape index (κ3) is 2.36. The molecule has 2 heterocycles. The molecular formula is C13H15N3O2. The van der Waals surface area contributed by atoms with Crippen molar-refractivity contribution in [2.24, 2.45) is 0 Å². The fourth-order valence-electron chi connectivity index (χ4n) is 2.17. The van der Waals surface area contributed by atoms with Crippen molar-refractivity contribution >= 4 is 0 Å². The maximum atomic E-state index is 9.21. The standard InChI is InChI=1S/C13H15N3O2/c17-10-5-3-9(4-6-10)8-12-15-13(16-18-12)11-2-1-7-14-11/h3-6,11,14,17H,1-2,7-8H2. The van der Waals surface area contributed by atoms with E-state index in [4.69, 9.17) is 4.52 Å². The van der Waals surface area contributed by atoms with Crippen molar-refractivity contribution in [2.45, 2.75) is 25.3 Å². The highest BCUT2D eigenvalue weighted by molar-refractivity contribution is 5.27. The summed E-state index contributed by atoms with van der Waals surface area (Å²) >= 11 is 0. The van der Waals surface area contributed by atoms with E-state index >= 15 is 0 Å². The van der Waals surface area contributed by atoms with Crippen molar-refractivity contribution in [1.29, 1.82) is 0 Å². The molecule has 1 unspecified atom stereocenters. The van der Waals surface area contributed by atoms with Gasteiger partial charge in [-0.25, -0.2) is 0 Å². The number of aromatic hydroxyl groups is 1. The van der Waals surface area contributed by atoms with Gasteiger partial charge in [0.25, 0.3) is 0 Å². The van der Waals surface area contributed by atoms with E-state index in [1.807, 2.05) is 12.1 Å². The van der Waals surface area contributed by atoms with Crippen LogP contribution in [0.4, 0.5) is 0 Å². The molecule has 1 aliphatic rings. The van der Waals surface area contributed by atoms with E-state index in [1.54, 1.807) is 12.1 Å². The molecular weight excluding hydrogens is 230 g/mol. The molecule has 18 heavy (non-hydrogen) atoms. The lowest BCUT2D eigenvalue weighted by molar-refractivity contribution is 0.373. The van der Waals surface area contributed by atoms with E-state index in [9.17, 15) is 5.11 Å². The average Bonchev–Trinajstić information content (AvgIpc) is 3.02. The zero-order valence-corrected chi connectivity index (χ0v) is 9.97. The van der Waals surface area contributed by atoms with E-state index in [1.165, 1.54) is 0 Å². The number of phenolic OH excluding ortho intramolecular Hbond substituents is 1. The number of rotatable bonds is 3. The van der Waals surface area contributed by atoms with Crippen LogP contribution < -0.4 is 5.32 Å². The Labute approximate surface area is 105 Å². The molecule has 0 radical (unpaired) electrons. The molecule has 2 N–H and O–H groups in total. The Bertz CT molecular complexity index is 515. The van der Waals surface area contributed by atoms with Crippen molar-refractivity contribution in [2.75, 3.05) is 6.54 Å². The molecule has 1 fully saturated rings. The van der Waals surface area contributed by atoms with Crippen molar-refractivity contribution in [1.82, 2.24) is 15.5 Å². The zero-order chi connectivity index (χ0) is 12.4. The lowest BCUT2D eigenvalue weighted by Gasteiger charge is -2.01. The van der Waals surface area contributed by atoms with Crippen LogP contribution in [0.1, 0.15) is 36.2 Å². The first-order valence-corrected chi connectivity index (χ1v) is 6.15. The topological polar surface area (TPSA) is 71.2 Å². The summed E-state index contributed by atoms with van der Waals surface area (Å²) in [7, 11) is 0. The lowest BCUT2D eigenvalue weighted by Crippen LogP contribution is -2.14. The Morgan fingerprint density at radius 3 is 2.89 bits per heavy atom. The van der Waals surface area contributed by atoms with E-state index < -0.39 is 0 Å². The molecule has 5 nitrogen and oxygen atoms in total. The fourth-order valence-corrected chi connectivity index (χ4v) is 2.17. The summed E-state index contributed by atoms with van der Waals surface area (Å²) in [6, 6.07) is 7.26. The highest BCUT2D eigenvalue weighted by atomic mass is 16.5. The second-order valence-electron chi connectivity index (χ2n) is 4.54. The number of aromatic nitrogens is 2. The van der Waals surface area contributed by atoms with Crippen molar-refractivity contribution in [3.63, 3.8) is 0 Å². The number of phenols is 1. The summed E-state index contributed by atoms with van der Waals surface area (Å²) in [6.45, 7) is 1.02. The van der Waals surface area contributed by atoms with E-state index in [0.29, 0.717) is 12.3 Å². The number of nitrogens with one attached hydrogen (secondary N) is 1. The Morgan fingerprint density at radius 1 is 1.33 bits per heavy atom. The SMILES string of the molecule is Oc1ccc(Cc2nc(C3CCCN3)no2)cc1. The molecule has 94 valence electrons. The molecule has 1 atom stereocenters. The minimum absolute atomic E-state index is 0.238. The second-order valence-corrected chi connectivity index (χ2v) is 4.54. The van der Waals surface area contributed by atoms with Gasteiger partial charge in [0.1, 0.15) is 5.75 Å². The van der Waals surface area contributed by atoms with Crippen LogP contribution in [0.15, 0.2) is 28.8 Å². The third-order valence-corrected chi connectivity index (χ3v) is 3.15. The van der Waals surface area contributed by atoms with Gasteiger partial charge >= 0.3 is 0 Å². The summed E-state index contributed by atoms with van der Waals surface area (Å²) in [5.74, 6) is 1.63. The molecule has 0 saturated carbocycles. The van der Waals surface area contributed by atoms with Crippen LogP contribution in [0.2, 0.25) is 0 Å².